The summed E-state index contributed by atoms with van der Waals surface area (Å²) < 4.78 is 0. The molecular formula is C15H25N3S. The maximum Gasteiger partial charge on any atom is 0.115 e. The predicted octanol–water partition coefficient (Wildman–Crippen LogP) is 2.82. The number of rotatable bonds is 4. The first-order valence-corrected chi connectivity index (χ1v) is 8.42. The van der Waals surface area contributed by atoms with Crippen molar-refractivity contribution in [1.29, 1.82) is 0 Å². The molecule has 106 valence electrons. The summed E-state index contributed by atoms with van der Waals surface area (Å²) in [6.07, 6.45) is 5.10. The molecule has 0 radical (unpaired) electrons. The second-order valence-corrected chi connectivity index (χ2v) is 7.21. The summed E-state index contributed by atoms with van der Waals surface area (Å²) in [5.41, 5.74) is 1.35. The van der Waals surface area contributed by atoms with Crippen LogP contribution in [0.15, 0.2) is 0 Å². The normalized spacial score (nSPS) is 31.0. The first-order valence-electron chi connectivity index (χ1n) is 7.61. The number of hydrogen-bond donors (Lipinski definition) is 1. The van der Waals surface area contributed by atoms with Crippen LogP contribution >= 0.6 is 11.3 Å². The molecule has 2 unspecified atom stereocenters. The van der Waals surface area contributed by atoms with Gasteiger partial charge in [0.2, 0.25) is 0 Å². The van der Waals surface area contributed by atoms with Gasteiger partial charge in [0.25, 0.3) is 0 Å². The van der Waals surface area contributed by atoms with E-state index >= 15 is 0 Å². The molecule has 2 atom stereocenters. The Hall–Kier alpha value is -0.450. The summed E-state index contributed by atoms with van der Waals surface area (Å²) in [6.45, 7) is 10.2. The topological polar surface area (TPSA) is 28.2 Å². The molecule has 2 aliphatic heterocycles. The van der Waals surface area contributed by atoms with E-state index in [1.165, 1.54) is 54.4 Å². The summed E-state index contributed by atoms with van der Waals surface area (Å²) >= 11 is 1.91. The molecule has 2 saturated heterocycles. The predicted molar refractivity (Wildman–Crippen MR) is 80.8 cm³/mol. The first kappa shape index (κ1) is 13.5. The Morgan fingerprint density at radius 2 is 2.26 bits per heavy atom. The smallest absolute Gasteiger partial charge is 0.115 e. The van der Waals surface area contributed by atoms with Crippen molar-refractivity contribution in [3.05, 3.63) is 15.6 Å². The molecule has 0 aromatic carbocycles. The third kappa shape index (κ3) is 2.14. The first-order chi connectivity index (χ1) is 9.17. The van der Waals surface area contributed by atoms with Gasteiger partial charge in [-0.05, 0) is 52.6 Å². The highest BCUT2D eigenvalue weighted by atomic mass is 32.1. The second kappa shape index (κ2) is 5.15. The molecule has 1 aromatic heterocycles. The van der Waals surface area contributed by atoms with E-state index in [0.717, 1.165) is 6.54 Å². The molecule has 3 heterocycles. The molecule has 0 saturated carbocycles. The van der Waals surface area contributed by atoms with Crippen LogP contribution in [0.1, 0.15) is 48.2 Å². The molecule has 19 heavy (non-hydrogen) atoms. The van der Waals surface area contributed by atoms with Gasteiger partial charge in [0.05, 0.1) is 11.2 Å². The highest BCUT2D eigenvalue weighted by Crippen LogP contribution is 2.44. The zero-order valence-electron chi connectivity index (χ0n) is 12.3. The lowest BCUT2D eigenvalue weighted by molar-refractivity contribution is 0.225. The molecule has 3 rings (SSSR count). The number of thiazole rings is 1. The molecular weight excluding hydrogens is 254 g/mol. The number of nitrogens with one attached hydrogen (secondary N) is 1. The van der Waals surface area contributed by atoms with E-state index in [-0.39, 0.29) is 5.54 Å². The Bertz CT molecular complexity index is 437. The molecule has 2 aliphatic rings. The van der Waals surface area contributed by atoms with Gasteiger partial charge in [0.15, 0.2) is 0 Å². The Morgan fingerprint density at radius 3 is 2.95 bits per heavy atom. The summed E-state index contributed by atoms with van der Waals surface area (Å²) in [5.74, 6) is 0. The van der Waals surface area contributed by atoms with Gasteiger partial charge in [0, 0.05) is 17.5 Å². The largest absolute Gasteiger partial charge is 0.304 e. The maximum atomic E-state index is 4.91. The fourth-order valence-electron chi connectivity index (χ4n) is 3.68. The monoisotopic (exact) mass is 279 g/mol. The third-order valence-electron chi connectivity index (χ3n) is 4.83. The van der Waals surface area contributed by atoms with Gasteiger partial charge in [-0.3, -0.25) is 4.90 Å². The van der Waals surface area contributed by atoms with Crippen LogP contribution in [0.2, 0.25) is 0 Å². The quantitative estimate of drug-likeness (QED) is 0.918. The van der Waals surface area contributed by atoms with Crippen molar-refractivity contribution in [2.75, 3.05) is 19.6 Å². The van der Waals surface area contributed by atoms with Crippen molar-refractivity contribution in [1.82, 2.24) is 15.2 Å². The second-order valence-electron chi connectivity index (χ2n) is 6.00. The van der Waals surface area contributed by atoms with Gasteiger partial charge in [-0.2, -0.15) is 0 Å². The SMILES string of the molecule is CCCNC1(c2nc(C)c(C)s2)CCN2CCCC21. The Balaban J connectivity index is 1.96. The molecule has 0 amide bonds. The fraction of sp³-hybridized carbons (Fsp3) is 0.800. The summed E-state index contributed by atoms with van der Waals surface area (Å²) in [5, 5.41) is 5.22. The molecule has 0 spiro atoms. The number of aromatic nitrogens is 1. The Kier molecular flexibility index (Phi) is 3.67. The van der Waals surface area contributed by atoms with E-state index < -0.39 is 0 Å². The van der Waals surface area contributed by atoms with Crippen molar-refractivity contribution in [3.8, 4) is 0 Å². The van der Waals surface area contributed by atoms with Gasteiger partial charge >= 0.3 is 0 Å². The lowest BCUT2D eigenvalue weighted by Crippen LogP contribution is -2.50. The summed E-state index contributed by atoms with van der Waals surface area (Å²) in [4.78, 5) is 8.96. The number of fused-ring (bicyclic) bond motifs is 1. The molecule has 4 heteroatoms. The van der Waals surface area contributed by atoms with Crippen LogP contribution in [0, 0.1) is 13.8 Å². The van der Waals surface area contributed by atoms with Crippen LogP contribution in [0.4, 0.5) is 0 Å². The molecule has 1 N–H and O–H groups in total. The minimum Gasteiger partial charge on any atom is -0.304 e. The van der Waals surface area contributed by atoms with Crippen LogP contribution in [0.3, 0.4) is 0 Å². The van der Waals surface area contributed by atoms with Crippen molar-refractivity contribution in [2.24, 2.45) is 0 Å². The van der Waals surface area contributed by atoms with Crippen LogP contribution in [-0.2, 0) is 5.54 Å². The zero-order chi connectivity index (χ0) is 13.5. The lowest BCUT2D eigenvalue weighted by Gasteiger charge is -2.34. The highest BCUT2D eigenvalue weighted by Gasteiger charge is 2.51. The van der Waals surface area contributed by atoms with Gasteiger partial charge in [-0.25, -0.2) is 4.98 Å². The van der Waals surface area contributed by atoms with Crippen LogP contribution in [-0.4, -0.2) is 35.6 Å². The number of aryl methyl sites for hydroxylation is 2. The minimum absolute atomic E-state index is 0.135. The Labute approximate surface area is 120 Å². The van der Waals surface area contributed by atoms with Crippen molar-refractivity contribution in [3.63, 3.8) is 0 Å². The standard InChI is InChI=1S/C15H25N3S/c1-4-8-16-15(14-17-11(2)12(3)19-14)7-10-18-9-5-6-13(15)18/h13,16H,4-10H2,1-3H3. The van der Waals surface area contributed by atoms with E-state index in [2.05, 4.69) is 31.0 Å². The highest BCUT2D eigenvalue weighted by molar-refractivity contribution is 7.11. The molecule has 2 fully saturated rings. The van der Waals surface area contributed by atoms with Gasteiger partial charge < -0.3 is 5.32 Å². The summed E-state index contributed by atoms with van der Waals surface area (Å²) in [7, 11) is 0. The molecule has 0 bridgehead atoms. The van der Waals surface area contributed by atoms with E-state index in [4.69, 9.17) is 4.98 Å². The molecule has 0 aliphatic carbocycles. The van der Waals surface area contributed by atoms with Gasteiger partial charge in [-0.1, -0.05) is 6.92 Å². The number of hydrogen-bond acceptors (Lipinski definition) is 4. The minimum atomic E-state index is 0.135. The van der Waals surface area contributed by atoms with Gasteiger partial charge in [0.1, 0.15) is 5.01 Å². The van der Waals surface area contributed by atoms with Crippen molar-refractivity contribution < 1.29 is 0 Å². The molecule has 1 aromatic rings. The zero-order valence-corrected chi connectivity index (χ0v) is 13.1. The van der Waals surface area contributed by atoms with E-state index in [0.29, 0.717) is 6.04 Å². The third-order valence-corrected chi connectivity index (χ3v) is 6.08. The van der Waals surface area contributed by atoms with Crippen LogP contribution in [0.25, 0.3) is 0 Å². The van der Waals surface area contributed by atoms with Crippen molar-refractivity contribution >= 4 is 11.3 Å². The van der Waals surface area contributed by atoms with Crippen LogP contribution in [0.5, 0.6) is 0 Å². The van der Waals surface area contributed by atoms with Crippen molar-refractivity contribution in [2.45, 2.75) is 58.0 Å². The number of nitrogens with zero attached hydrogens (tertiary/aromatic N) is 2. The summed E-state index contributed by atoms with van der Waals surface area (Å²) in [6, 6.07) is 0.670. The van der Waals surface area contributed by atoms with E-state index in [9.17, 15) is 0 Å². The average Bonchev–Trinajstić information content (AvgIpc) is 3.05. The molecule has 3 nitrogen and oxygen atoms in total. The lowest BCUT2D eigenvalue weighted by atomic mass is 9.89. The Morgan fingerprint density at radius 1 is 1.42 bits per heavy atom. The van der Waals surface area contributed by atoms with Gasteiger partial charge in [-0.15, -0.1) is 11.3 Å². The maximum absolute atomic E-state index is 4.91. The fourth-order valence-corrected chi connectivity index (χ4v) is 4.84. The van der Waals surface area contributed by atoms with E-state index in [1.54, 1.807) is 0 Å². The average molecular weight is 279 g/mol. The van der Waals surface area contributed by atoms with E-state index in [1.807, 2.05) is 11.3 Å². The van der Waals surface area contributed by atoms with Crippen LogP contribution < -0.4 is 5.32 Å².